The average molecular weight is 541 g/mol. The van der Waals surface area contributed by atoms with E-state index in [1.165, 1.54) is 12.1 Å². The summed E-state index contributed by atoms with van der Waals surface area (Å²) in [6, 6.07) is 8.60. The van der Waals surface area contributed by atoms with Crippen molar-refractivity contribution >= 4 is 35.8 Å². The van der Waals surface area contributed by atoms with E-state index in [0.717, 1.165) is 73.1 Å². The van der Waals surface area contributed by atoms with E-state index in [9.17, 15) is 9.50 Å². The molecule has 6 nitrogen and oxygen atoms in total. The van der Waals surface area contributed by atoms with Gasteiger partial charge in [-0.2, -0.15) is 0 Å². The van der Waals surface area contributed by atoms with Gasteiger partial charge in [-0.15, -0.1) is 24.8 Å². The number of aromatic hydroxyl groups is 1. The zero-order valence-corrected chi connectivity index (χ0v) is 22.4. The molecule has 198 valence electrons. The van der Waals surface area contributed by atoms with Crippen LogP contribution in [0.4, 0.5) is 4.39 Å². The number of halogens is 3. The Hall–Kier alpha value is -1.90. The van der Waals surface area contributed by atoms with Crippen molar-refractivity contribution in [3.8, 4) is 5.75 Å². The Morgan fingerprint density at radius 1 is 1.19 bits per heavy atom. The number of nitrogens with two attached hydrogens (primary N) is 1. The van der Waals surface area contributed by atoms with Crippen LogP contribution in [0.1, 0.15) is 48.3 Å². The van der Waals surface area contributed by atoms with Gasteiger partial charge in [-0.05, 0) is 74.4 Å². The Morgan fingerprint density at radius 3 is 2.67 bits per heavy atom. The third-order valence-electron chi connectivity index (χ3n) is 7.60. The minimum absolute atomic E-state index is 0. The molecule has 0 spiro atoms. The molecule has 9 heteroatoms. The molecule has 0 radical (unpaired) electrons. The summed E-state index contributed by atoms with van der Waals surface area (Å²) in [4.78, 5) is 2.52. The fourth-order valence-corrected chi connectivity index (χ4v) is 5.73. The number of aryl methyl sites for hydroxylation is 1. The topological polar surface area (TPSA) is 84.8 Å². The first kappa shape index (κ1) is 28.7. The number of nitrogens with zero attached hydrogens (tertiary/aromatic N) is 2. The van der Waals surface area contributed by atoms with Crippen LogP contribution >= 0.6 is 24.8 Å². The summed E-state index contributed by atoms with van der Waals surface area (Å²) in [6.07, 6.45) is 3.64. The number of aromatic nitrogens is 1. The molecule has 2 aliphatic heterocycles. The molecule has 0 saturated carbocycles. The molecule has 1 aromatic heterocycles. The van der Waals surface area contributed by atoms with Crippen molar-refractivity contribution in [2.24, 2.45) is 17.6 Å². The van der Waals surface area contributed by atoms with Crippen molar-refractivity contribution in [3.05, 3.63) is 58.5 Å². The summed E-state index contributed by atoms with van der Waals surface area (Å²) >= 11 is 0. The molecule has 0 bridgehead atoms. The molecule has 3 heterocycles. The first-order valence-corrected chi connectivity index (χ1v) is 12.4. The van der Waals surface area contributed by atoms with Crippen molar-refractivity contribution < 1.29 is 18.8 Å². The zero-order valence-electron chi connectivity index (χ0n) is 20.8. The fourth-order valence-electron chi connectivity index (χ4n) is 5.73. The molecule has 0 amide bonds. The number of fused-ring (bicyclic) bond motifs is 2. The molecule has 1 unspecified atom stereocenters. The highest BCUT2D eigenvalue weighted by Gasteiger charge is 2.35. The molecule has 1 fully saturated rings. The SMILES string of the molecule is Cc1ccc2c(c1O)C[C@@H](C1CCN(CC(C)Cc3noc4cc(F)ccc34)CC1)O[C@H]2CN.Cl.Cl. The second-order valence-electron chi connectivity index (χ2n) is 10.1. The van der Waals surface area contributed by atoms with Crippen LogP contribution in [0.2, 0.25) is 0 Å². The first-order valence-electron chi connectivity index (χ1n) is 12.4. The minimum Gasteiger partial charge on any atom is -0.507 e. The lowest BCUT2D eigenvalue weighted by Gasteiger charge is -2.41. The van der Waals surface area contributed by atoms with Gasteiger partial charge in [0.05, 0.1) is 17.9 Å². The highest BCUT2D eigenvalue weighted by molar-refractivity contribution is 5.85. The molecule has 0 aliphatic carbocycles. The van der Waals surface area contributed by atoms with Crippen molar-refractivity contribution in [3.63, 3.8) is 0 Å². The van der Waals surface area contributed by atoms with E-state index in [4.69, 9.17) is 15.0 Å². The predicted molar refractivity (Wildman–Crippen MR) is 144 cm³/mol. The molecule has 3 N–H and O–H groups in total. The van der Waals surface area contributed by atoms with Crippen LogP contribution in [0.25, 0.3) is 11.0 Å². The van der Waals surface area contributed by atoms with Gasteiger partial charge in [0.25, 0.3) is 0 Å². The van der Waals surface area contributed by atoms with Crippen molar-refractivity contribution in [2.45, 2.75) is 51.7 Å². The van der Waals surface area contributed by atoms with Gasteiger partial charge in [0.2, 0.25) is 0 Å². The second-order valence-corrected chi connectivity index (χ2v) is 10.1. The van der Waals surface area contributed by atoms with Crippen LogP contribution in [0.3, 0.4) is 0 Å². The zero-order chi connectivity index (χ0) is 23.8. The number of ether oxygens (including phenoxy) is 1. The number of hydrogen-bond donors (Lipinski definition) is 2. The molecule has 2 aromatic carbocycles. The standard InChI is InChI=1S/C27H34FN3O3.2ClH/c1-16(11-23-21-6-4-19(28)12-25(21)34-30-23)15-31-9-7-18(8-10-31)24-13-22-20(26(14-29)33-24)5-3-17(2)27(22)32;;/h3-6,12,16,18,24,26,32H,7-11,13-15,29H2,1-2H3;2*1H/t16?,24-,26-;;/m0../s1. The van der Waals surface area contributed by atoms with Crippen LogP contribution in [0.5, 0.6) is 5.75 Å². The van der Waals surface area contributed by atoms with Gasteiger partial charge in [-0.25, -0.2) is 4.39 Å². The van der Waals surface area contributed by atoms with Crippen molar-refractivity contribution in [1.82, 2.24) is 10.1 Å². The molecule has 1 saturated heterocycles. The Morgan fingerprint density at radius 2 is 1.94 bits per heavy atom. The molecular formula is C27H36Cl2FN3O3. The van der Waals surface area contributed by atoms with Crippen LogP contribution in [0.15, 0.2) is 34.9 Å². The maximum atomic E-state index is 13.4. The molecule has 5 rings (SSSR count). The number of benzene rings is 2. The van der Waals surface area contributed by atoms with Gasteiger partial charge in [0.1, 0.15) is 11.6 Å². The van der Waals surface area contributed by atoms with Gasteiger partial charge >= 0.3 is 0 Å². The van der Waals surface area contributed by atoms with E-state index in [2.05, 4.69) is 23.0 Å². The maximum Gasteiger partial charge on any atom is 0.170 e. The predicted octanol–water partition coefficient (Wildman–Crippen LogP) is 5.36. The lowest BCUT2D eigenvalue weighted by molar-refractivity contribution is -0.0652. The van der Waals surface area contributed by atoms with Gasteiger partial charge in [0, 0.05) is 36.5 Å². The van der Waals surface area contributed by atoms with Crippen LogP contribution in [0, 0.1) is 24.6 Å². The largest absolute Gasteiger partial charge is 0.507 e. The third kappa shape index (κ3) is 5.81. The summed E-state index contributed by atoms with van der Waals surface area (Å²) in [5, 5.41) is 15.7. The number of likely N-dealkylation sites (tertiary alicyclic amines) is 1. The quantitative estimate of drug-likeness (QED) is 0.438. The summed E-state index contributed by atoms with van der Waals surface area (Å²) < 4.78 is 25.2. The molecule has 2 aliphatic rings. The first-order chi connectivity index (χ1) is 16.4. The van der Waals surface area contributed by atoms with E-state index >= 15 is 0 Å². The van der Waals surface area contributed by atoms with Crippen LogP contribution in [-0.2, 0) is 17.6 Å². The number of piperidine rings is 1. The van der Waals surface area contributed by atoms with Gasteiger partial charge in [-0.3, -0.25) is 0 Å². The number of hydrogen-bond acceptors (Lipinski definition) is 6. The minimum atomic E-state index is -0.306. The lowest BCUT2D eigenvalue weighted by Crippen LogP contribution is -2.43. The number of phenolic OH excluding ortho intramolecular Hbond substituents is 1. The van der Waals surface area contributed by atoms with E-state index in [1.54, 1.807) is 6.07 Å². The summed E-state index contributed by atoms with van der Waals surface area (Å²) in [5.41, 5.74) is 10.4. The Balaban J connectivity index is 0.00000180. The van der Waals surface area contributed by atoms with Gasteiger partial charge in [-0.1, -0.05) is 24.2 Å². The van der Waals surface area contributed by atoms with E-state index in [-0.39, 0.29) is 42.8 Å². The Bertz CT molecular complexity index is 1170. The smallest absolute Gasteiger partial charge is 0.170 e. The van der Waals surface area contributed by atoms with Crippen molar-refractivity contribution in [1.29, 1.82) is 0 Å². The summed E-state index contributed by atoms with van der Waals surface area (Å²) in [7, 11) is 0. The molecule has 3 atom stereocenters. The van der Waals surface area contributed by atoms with E-state index in [1.807, 2.05) is 13.0 Å². The summed E-state index contributed by atoms with van der Waals surface area (Å²) in [6.45, 7) is 7.64. The third-order valence-corrected chi connectivity index (χ3v) is 7.60. The molecule has 3 aromatic rings. The second kappa shape index (κ2) is 12.1. The fraction of sp³-hybridized carbons (Fsp3) is 0.519. The number of rotatable bonds is 6. The van der Waals surface area contributed by atoms with Crippen LogP contribution in [-0.4, -0.2) is 47.4 Å². The van der Waals surface area contributed by atoms with Gasteiger partial charge < -0.3 is 25.0 Å². The monoisotopic (exact) mass is 539 g/mol. The Kier molecular flexibility index (Phi) is 9.63. The lowest BCUT2D eigenvalue weighted by atomic mass is 9.83. The average Bonchev–Trinajstić information content (AvgIpc) is 3.22. The van der Waals surface area contributed by atoms with Crippen LogP contribution < -0.4 is 5.73 Å². The van der Waals surface area contributed by atoms with Gasteiger partial charge in [0.15, 0.2) is 5.58 Å². The highest BCUT2D eigenvalue weighted by atomic mass is 35.5. The maximum absolute atomic E-state index is 13.4. The normalized spacial score (nSPS) is 21.4. The molecule has 36 heavy (non-hydrogen) atoms. The number of phenols is 1. The summed E-state index contributed by atoms with van der Waals surface area (Å²) in [5.74, 6) is 0.968. The Labute approximate surface area is 224 Å². The molecular weight excluding hydrogens is 504 g/mol. The highest BCUT2D eigenvalue weighted by Crippen LogP contribution is 2.40. The van der Waals surface area contributed by atoms with Crippen molar-refractivity contribution in [2.75, 3.05) is 26.2 Å². The van der Waals surface area contributed by atoms with E-state index in [0.29, 0.717) is 29.7 Å². The van der Waals surface area contributed by atoms with E-state index < -0.39 is 0 Å².